The monoisotopic (exact) mass is 480 g/mol. The molecule has 0 saturated carbocycles. The lowest BCUT2D eigenvalue weighted by atomic mass is 9.92. The van der Waals surface area contributed by atoms with Crippen LogP contribution in [-0.4, -0.2) is 72.7 Å². The Morgan fingerprint density at radius 1 is 1.09 bits per heavy atom. The lowest BCUT2D eigenvalue weighted by molar-refractivity contribution is -0.134. The van der Waals surface area contributed by atoms with E-state index in [4.69, 9.17) is 14.0 Å². The second-order valence-corrected chi connectivity index (χ2v) is 9.61. The number of hydrogen-bond acceptors (Lipinski definition) is 8. The molecule has 1 aromatic rings. The summed E-state index contributed by atoms with van der Waals surface area (Å²) in [5.74, 6) is -1.57. The van der Waals surface area contributed by atoms with E-state index in [0.717, 1.165) is 0 Å². The molecule has 190 valence electrons. The summed E-state index contributed by atoms with van der Waals surface area (Å²) in [6, 6.07) is -1.30. The molecule has 1 saturated heterocycles. The highest BCUT2D eigenvalue weighted by Gasteiger charge is 2.50. The highest BCUT2D eigenvalue weighted by atomic mass is 16.6. The fourth-order valence-electron chi connectivity index (χ4n) is 3.43. The molecule has 1 unspecified atom stereocenters. The van der Waals surface area contributed by atoms with Crippen LogP contribution < -0.4 is 16.0 Å². The van der Waals surface area contributed by atoms with E-state index in [2.05, 4.69) is 21.1 Å². The predicted molar refractivity (Wildman–Crippen MR) is 122 cm³/mol. The molecule has 4 atom stereocenters. The molecular weight excluding hydrogens is 444 g/mol. The summed E-state index contributed by atoms with van der Waals surface area (Å²) < 4.78 is 15.2. The predicted octanol–water partition coefficient (Wildman–Crippen LogP) is 0.758. The molecule has 3 amide bonds. The number of aromatic nitrogens is 1. The third-order valence-electron chi connectivity index (χ3n) is 5.50. The van der Waals surface area contributed by atoms with Crippen molar-refractivity contribution < 1.29 is 33.2 Å². The molecule has 0 spiro atoms. The summed E-state index contributed by atoms with van der Waals surface area (Å²) in [6.07, 6.45) is 0.446. The Kier molecular flexibility index (Phi) is 9.34. The van der Waals surface area contributed by atoms with Gasteiger partial charge >= 0.3 is 0 Å². The number of carbonyl (C=O) groups excluding carboxylic acids is 4. The van der Waals surface area contributed by atoms with Crippen LogP contribution in [0, 0.1) is 18.8 Å². The Balaban J connectivity index is 2.10. The van der Waals surface area contributed by atoms with Gasteiger partial charge in [-0.3, -0.25) is 19.2 Å². The van der Waals surface area contributed by atoms with Crippen molar-refractivity contribution in [3.8, 4) is 0 Å². The molecule has 2 rings (SSSR count). The van der Waals surface area contributed by atoms with Crippen molar-refractivity contribution in [2.45, 2.75) is 71.7 Å². The normalized spacial score (nSPS) is 19.9. The molecule has 34 heavy (non-hydrogen) atoms. The van der Waals surface area contributed by atoms with Gasteiger partial charge in [-0.2, -0.15) is 0 Å². The minimum atomic E-state index is -1.07. The first kappa shape index (κ1) is 27.5. The maximum atomic E-state index is 13.1. The summed E-state index contributed by atoms with van der Waals surface area (Å²) >= 11 is 0. The number of nitrogens with zero attached hydrogens (tertiary/aromatic N) is 1. The van der Waals surface area contributed by atoms with Crippen LogP contribution in [0.4, 0.5) is 0 Å². The Morgan fingerprint density at radius 2 is 1.74 bits per heavy atom. The van der Waals surface area contributed by atoms with E-state index in [1.165, 1.54) is 13.2 Å². The standard InChI is InChI=1S/C23H36N4O7/c1-12(2)8-15(19(28)23(6)11-33-23)24-22(31)18(13(3)4)26-21(30)17(10-32-7)25-20(29)16-9-14(5)34-27-16/h9,12-13,15,17-18H,8,10-11H2,1-7H3,(H,24,31)(H,25,29)(H,26,30)/t15?,17-,18-,23+/m0/s1. The van der Waals surface area contributed by atoms with Crippen molar-refractivity contribution >= 4 is 23.5 Å². The minimum absolute atomic E-state index is 0.0235. The number of amides is 3. The number of ketones is 1. The second-order valence-electron chi connectivity index (χ2n) is 9.61. The van der Waals surface area contributed by atoms with Gasteiger partial charge in [0.2, 0.25) is 11.8 Å². The number of carbonyl (C=O) groups is 4. The van der Waals surface area contributed by atoms with E-state index >= 15 is 0 Å². The number of hydrogen-bond donors (Lipinski definition) is 3. The van der Waals surface area contributed by atoms with E-state index in [9.17, 15) is 19.2 Å². The van der Waals surface area contributed by atoms with Crippen LogP contribution in [0.5, 0.6) is 0 Å². The minimum Gasteiger partial charge on any atom is -0.382 e. The van der Waals surface area contributed by atoms with Crippen LogP contribution in [0.15, 0.2) is 10.6 Å². The summed E-state index contributed by atoms with van der Waals surface area (Å²) in [7, 11) is 1.39. The smallest absolute Gasteiger partial charge is 0.274 e. The Bertz CT molecular complexity index is 892. The van der Waals surface area contributed by atoms with Crippen LogP contribution in [0.3, 0.4) is 0 Å². The molecular formula is C23H36N4O7. The van der Waals surface area contributed by atoms with Crippen LogP contribution >= 0.6 is 0 Å². The van der Waals surface area contributed by atoms with Crippen molar-refractivity contribution in [3.05, 3.63) is 17.5 Å². The lowest BCUT2D eigenvalue weighted by Gasteiger charge is -2.28. The van der Waals surface area contributed by atoms with Crippen molar-refractivity contribution in [2.24, 2.45) is 11.8 Å². The molecule has 11 nitrogen and oxygen atoms in total. The van der Waals surface area contributed by atoms with Gasteiger partial charge in [-0.05, 0) is 32.1 Å². The van der Waals surface area contributed by atoms with Gasteiger partial charge in [0, 0.05) is 13.2 Å². The maximum absolute atomic E-state index is 13.1. The van der Waals surface area contributed by atoms with E-state index < -0.39 is 41.4 Å². The van der Waals surface area contributed by atoms with Crippen LogP contribution in [0.1, 0.15) is 57.3 Å². The van der Waals surface area contributed by atoms with Crippen molar-refractivity contribution in [3.63, 3.8) is 0 Å². The molecule has 1 fully saturated rings. The molecule has 1 aliphatic heterocycles. The molecule has 2 heterocycles. The zero-order valence-corrected chi connectivity index (χ0v) is 20.9. The molecule has 1 aliphatic rings. The topological polar surface area (TPSA) is 152 Å². The van der Waals surface area contributed by atoms with Gasteiger partial charge in [0.25, 0.3) is 5.91 Å². The van der Waals surface area contributed by atoms with Gasteiger partial charge in [0.1, 0.15) is 23.4 Å². The highest BCUT2D eigenvalue weighted by Crippen LogP contribution is 2.29. The first-order valence-electron chi connectivity index (χ1n) is 11.4. The molecule has 0 aliphatic carbocycles. The highest BCUT2D eigenvalue weighted by molar-refractivity contribution is 5.99. The van der Waals surface area contributed by atoms with Crippen LogP contribution in [-0.2, 0) is 23.9 Å². The van der Waals surface area contributed by atoms with Gasteiger partial charge in [-0.1, -0.05) is 32.9 Å². The summed E-state index contributed by atoms with van der Waals surface area (Å²) in [5.41, 5.74) is -0.855. The molecule has 0 bridgehead atoms. The Labute approximate surface area is 199 Å². The van der Waals surface area contributed by atoms with Crippen molar-refractivity contribution in [1.82, 2.24) is 21.1 Å². The van der Waals surface area contributed by atoms with E-state index in [0.29, 0.717) is 18.8 Å². The second kappa shape index (κ2) is 11.6. The number of methoxy groups -OCH3 is 1. The SMILES string of the molecule is COC[C@H](NC(=O)c1cc(C)on1)C(=O)N[C@H](C(=O)NC(CC(C)C)C(=O)[C@@]1(C)CO1)C(C)C. The fraction of sp³-hybridized carbons (Fsp3) is 0.696. The number of epoxide rings is 1. The van der Waals surface area contributed by atoms with Gasteiger partial charge < -0.3 is 29.9 Å². The summed E-state index contributed by atoms with van der Waals surface area (Å²) in [4.78, 5) is 51.4. The first-order valence-corrected chi connectivity index (χ1v) is 11.4. The molecule has 0 aromatic carbocycles. The average molecular weight is 481 g/mol. The Morgan fingerprint density at radius 3 is 2.21 bits per heavy atom. The van der Waals surface area contributed by atoms with E-state index in [1.807, 2.05) is 13.8 Å². The molecule has 1 aromatic heterocycles. The zero-order valence-electron chi connectivity index (χ0n) is 20.9. The number of rotatable bonds is 13. The number of aryl methyl sites for hydroxylation is 1. The largest absolute Gasteiger partial charge is 0.382 e. The summed E-state index contributed by atoms with van der Waals surface area (Å²) in [6.45, 7) is 11.0. The number of ether oxygens (including phenoxy) is 2. The Hall–Kier alpha value is -2.79. The zero-order chi connectivity index (χ0) is 25.6. The van der Waals surface area contributed by atoms with Gasteiger partial charge in [0.15, 0.2) is 11.5 Å². The molecule has 11 heteroatoms. The van der Waals surface area contributed by atoms with Gasteiger partial charge in [-0.25, -0.2) is 0 Å². The molecule has 0 radical (unpaired) electrons. The third-order valence-corrected chi connectivity index (χ3v) is 5.50. The van der Waals surface area contributed by atoms with Gasteiger partial charge in [0.05, 0.1) is 19.3 Å². The van der Waals surface area contributed by atoms with E-state index in [-0.39, 0.29) is 29.9 Å². The average Bonchev–Trinajstić information content (AvgIpc) is 3.35. The van der Waals surface area contributed by atoms with Gasteiger partial charge in [-0.15, -0.1) is 0 Å². The number of nitrogens with one attached hydrogen (secondary N) is 3. The first-order chi connectivity index (χ1) is 15.9. The third kappa shape index (κ3) is 7.36. The van der Waals surface area contributed by atoms with Crippen LogP contribution in [0.25, 0.3) is 0 Å². The maximum Gasteiger partial charge on any atom is 0.274 e. The fourth-order valence-corrected chi connectivity index (χ4v) is 3.43. The molecule has 3 N–H and O–H groups in total. The van der Waals surface area contributed by atoms with Crippen molar-refractivity contribution in [2.75, 3.05) is 20.3 Å². The number of Topliss-reactive ketones (excluding diaryl/α,β-unsaturated/α-hetero) is 1. The van der Waals surface area contributed by atoms with E-state index in [1.54, 1.807) is 27.7 Å². The quantitative estimate of drug-likeness (QED) is 0.350. The lowest BCUT2D eigenvalue weighted by Crippen LogP contribution is -2.59. The van der Waals surface area contributed by atoms with Crippen LogP contribution in [0.2, 0.25) is 0 Å². The van der Waals surface area contributed by atoms with Crippen molar-refractivity contribution in [1.29, 1.82) is 0 Å². The summed E-state index contributed by atoms with van der Waals surface area (Å²) in [5, 5.41) is 11.7.